The van der Waals surface area contributed by atoms with Crippen LogP contribution in [0.15, 0.2) is 36.5 Å². The molecule has 6 heteroatoms. The molecule has 1 spiro atoms. The summed E-state index contributed by atoms with van der Waals surface area (Å²) >= 11 is 0. The zero-order valence-corrected chi connectivity index (χ0v) is 16.1. The van der Waals surface area contributed by atoms with Crippen molar-refractivity contribution in [3.8, 4) is 0 Å². The maximum atomic E-state index is 12.8. The lowest BCUT2D eigenvalue weighted by Gasteiger charge is -2.34. The van der Waals surface area contributed by atoms with Crippen molar-refractivity contribution >= 4 is 11.9 Å². The number of hydrogen-bond donors (Lipinski definition) is 1. The molecule has 28 heavy (non-hydrogen) atoms. The maximum absolute atomic E-state index is 12.8. The van der Waals surface area contributed by atoms with Gasteiger partial charge in [-0.1, -0.05) is 30.3 Å². The molecule has 0 bridgehead atoms. The number of nitrogens with zero attached hydrogens (tertiary/aromatic N) is 3. The molecule has 2 fully saturated rings. The molecule has 2 aliphatic heterocycles. The zero-order chi connectivity index (χ0) is 19.0. The smallest absolute Gasteiger partial charge is 0.227 e. The first-order valence-electron chi connectivity index (χ1n) is 10.2. The molecule has 0 unspecified atom stereocenters. The lowest BCUT2D eigenvalue weighted by atomic mass is 9.80. The average Bonchev–Trinajstić information content (AvgIpc) is 3.46. The largest absolute Gasteiger partial charge is 0.376 e. The van der Waals surface area contributed by atoms with E-state index in [1.54, 1.807) is 0 Å². The van der Waals surface area contributed by atoms with Crippen LogP contribution in [0.5, 0.6) is 0 Å². The molecule has 5 rings (SSSR count). The summed E-state index contributed by atoms with van der Waals surface area (Å²) in [6.07, 6.45) is 5.83. The highest BCUT2D eigenvalue weighted by atomic mass is 16.5. The van der Waals surface area contributed by atoms with Gasteiger partial charge in [0.2, 0.25) is 11.9 Å². The van der Waals surface area contributed by atoms with Crippen molar-refractivity contribution in [2.75, 3.05) is 31.6 Å². The predicted octanol–water partition coefficient (Wildman–Crippen LogP) is 2.54. The predicted molar refractivity (Wildman–Crippen MR) is 106 cm³/mol. The normalized spacial score (nSPS) is 23.6. The fourth-order valence-electron chi connectivity index (χ4n) is 4.32. The Bertz CT molecular complexity index is 868. The van der Waals surface area contributed by atoms with Gasteiger partial charge < -0.3 is 15.0 Å². The lowest BCUT2D eigenvalue weighted by Crippen LogP contribution is -2.42. The second-order valence-corrected chi connectivity index (χ2v) is 8.39. The number of hydrogen-bond acceptors (Lipinski definition) is 5. The van der Waals surface area contributed by atoms with Crippen LogP contribution >= 0.6 is 0 Å². The molecule has 146 valence electrons. The Morgan fingerprint density at radius 1 is 1.29 bits per heavy atom. The third-order valence-corrected chi connectivity index (χ3v) is 6.15. The van der Waals surface area contributed by atoms with Gasteiger partial charge in [-0.2, -0.15) is 0 Å². The third-order valence-electron chi connectivity index (χ3n) is 6.15. The highest BCUT2D eigenvalue weighted by Crippen LogP contribution is 2.39. The van der Waals surface area contributed by atoms with E-state index in [1.807, 2.05) is 41.4 Å². The summed E-state index contributed by atoms with van der Waals surface area (Å²) in [4.78, 5) is 24.2. The molecule has 1 aliphatic carbocycles. The molecule has 1 saturated carbocycles. The van der Waals surface area contributed by atoms with Crippen LogP contribution in [0, 0.1) is 5.92 Å². The Morgan fingerprint density at radius 3 is 2.96 bits per heavy atom. The van der Waals surface area contributed by atoms with Gasteiger partial charge in [-0.05, 0) is 30.7 Å². The SMILES string of the molecule is O=C(Cc1ccccc1)N1CC[C@@]2(COCc3cnc(NCC4CC4)nc32)C1. The second-order valence-electron chi connectivity index (χ2n) is 8.39. The molecule has 1 aromatic carbocycles. The van der Waals surface area contributed by atoms with E-state index in [2.05, 4.69) is 10.3 Å². The molecule has 1 aromatic heterocycles. The van der Waals surface area contributed by atoms with E-state index in [9.17, 15) is 4.79 Å². The molecule has 0 radical (unpaired) electrons. The highest BCUT2D eigenvalue weighted by Gasteiger charge is 2.46. The van der Waals surface area contributed by atoms with E-state index in [0.717, 1.165) is 42.2 Å². The molecule has 1 amide bonds. The van der Waals surface area contributed by atoms with E-state index in [-0.39, 0.29) is 11.3 Å². The van der Waals surface area contributed by atoms with Crippen molar-refractivity contribution in [2.45, 2.75) is 37.7 Å². The number of nitrogens with one attached hydrogen (secondary N) is 1. The van der Waals surface area contributed by atoms with Gasteiger partial charge in [0.25, 0.3) is 0 Å². The Labute approximate surface area is 165 Å². The van der Waals surface area contributed by atoms with Crippen molar-refractivity contribution in [1.82, 2.24) is 14.9 Å². The van der Waals surface area contributed by atoms with Gasteiger partial charge in [-0.25, -0.2) is 9.97 Å². The van der Waals surface area contributed by atoms with E-state index in [4.69, 9.17) is 9.72 Å². The summed E-state index contributed by atoms with van der Waals surface area (Å²) in [7, 11) is 0. The fourth-order valence-corrected chi connectivity index (χ4v) is 4.32. The van der Waals surface area contributed by atoms with Gasteiger partial charge in [0.15, 0.2) is 0 Å². The summed E-state index contributed by atoms with van der Waals surface area (Å²) in [6, 6.07) is 9.95. The van der Waals surface area contributed by atoms with Crippen LogP contribution in [0.3, 0.4) is 0 Å². The Balaban J connectivity index is 1.33. The minimum atomic E-state index is -0.209. The first kappa shape index (κ1) is 17.6. The Kier molecular flexibility index (Phi) is 4.51. The van der Waals surface area contributed by atoms with Crippen molar-refractivity contribution in [3.05, 3.63) is 53.3 Å². The maximum Gasteiger partial charge on any atom is 0.227 e. The molecular formula is C22H26N4O2. The second kappa shape index (κ2) is 7.17. The number of aromatic nitrogens is 2. The summed E-state index contributed by atoms with van der Waals surface area (Å²) in [5, 5.41) is 3.39. The van der Waals surface area contributed by atoms with Crippen LogP contribution in [-0.4, -0.2) is 47.0 Å². The summed E-state index contributed by atoms with van der Waals surface area (Å²) in [6.45, 7) is 3.55. The van der Waals surface area contributed by atoms with E-state index < -0.39 is 0 Å². The number of carbonyl (C=O) groups is 1. The summed E-state index contributed by atoms with van der Waals surface area (Å²) in [5.74, 6) is 1.66. The molecule has 1 saturated heterocycles. The van der Waals surface area contributed by atoms with Crippen LogP contribution in [0.25, 0.3) is 0 Å². The number of rotatable bonds is 5. The van der Waals surface area contributed by atoms with Crippen molar-refractivity contribution in [3.63, 3.8) is 0 Å². The number of amides is 1. The Hall–Kier alpha value is -2.47. The topological polar surface area (TPSA) is 67.4 Å². The molecule has 2 aromatic rings. The molecule has 1 atom stereocenters. The number of benzene rings is 1. The number of likely N-dealkylation sites (tertiary alicyclic amines) is 1. The van der Waals surface area contributed by atoms with Gasteiger partial charge >= 0.3 is 0 Å². The number of anilines is 1. The molecule has 3 aliphatic rings. The quantitative estimate of drug-likeness (QED) is 0.866. The van der Waals surface area contributed by atoms with Crippen molar-refractivity contribution in [2.24, 2.45) is 5.92 Å². The van der Waals surface area contributed by atoms with Gasteiger partial charge in [-0.3, -0.25) is 4.79 Å². The summed E-state index contributed by atoms with van der Waals surface area (Å²) in [5.41, 5.74) is 2.98. The van der Waals surface area contributed by atoms with Crippen LogP contribution in [0.4, 0.5) is 5.95 Å². The first-order chi connectivity index (χ1) is 13.7. The van der Waals surface area contributed by atoms with Crippen molar-refractivity contribution < 1.29 is 9.53 Å². The van der Waals surface area contributed by atoms with Gasteiger partial charge in [-0.15, -0.1) is 0 Å². The Morgan fingerprint density at radius 2 is 2.14 bits per heavy atom. The van der Waals surface area contributed by atoms with E-state index in [0.29, 0.717) is 32.1 Å². The molecule has 3 heterocycles. The number of carbonyl (C=O) groups excluding carboxylic acids is 1. The van der Waals surface area contributed by atoms with Gasteiger partial charge in [0.05, 0.1) is 30.7 Å². The van der Waals surface area contributed by atoms with Gasteiger partial charge in [0.1, 0.15) is 0 Å². The standard InChI is InChI=1S/C22H26N4O2/c27-19(10-16-4-2-1-3-5-16)26-9-8-22(14-26)15-28-13-18-12-24-21(25-20(18)22)23-11-17-6-7-17/h1-5,12,17H,6-11,13-15H2,(H,23,24,25)/t22-/m0/s1. The van der Waals surface area contributed by atoms with Crippen molar-refractivity contribution in [1.29, 1.82) is 0 Å². The van der Waals surface area contributed by atoms with E-state index in [1.165, 1.54) is 12.8 Å². The first-order valence-corrected chi connectivity index (χ1v) is 10.2. The number of ether oxygens (including phenoxy) is 1. The lowest BCUT2D eigenvalue weighted by molar-refractivity contribution is -0.129. The molecule has 1 N–H and O–H groups in total. The van der Waals surface area contributed by atoms with E-state index >= 15 is 0 Å². The van der Waals surface area contributed by atoms with Crippen LogP contribution in [0.1, 0.15) is 36.1 Å². The minimum absolute atomic E-state index is 0.177. The third kappa shape index (κ3) is 3.49. The fraction of sp³-hybridized carbons (Fsp3) is 0.500. The van der Waals surface area contributed by atoms with Crippen LogP contribution < -0.4 is 5.32 Å². The van der Waals surface area contributed by atoms with Gasteiger partial charge in [0, 0.05) is 31.4 Å². The molecule has 6 nitrogen and oxygen atoms in total. The molecular weight excluding hydrogens is 352 g/mol. The van der Waals surface area contributed by atoms with Crippen LogP contribution in [-0.2, 0) is 28.0 Å². The summed E-state index contributed by atoms with van der Waals surface area (Å²) < 4.78 is 5.89. The minimum Gasteiger partial charge on any atom is -0.376 e. The monoisotopic (exact) mass is 378 g/mol. The zero-order valence-electron chi connectivity index (χ0n) is 16.1. The highest BCUT2D eigenvalue weighted by molar-refractivity contribution is 5.79. The van der Waals surface area contributed by atoms with Crippen LogP contribution in [0.2, 0.25) is 0 Å². The average molecular weight is 378 g/mol. The number of fused-ring (bicyclic) bond motifs is 2.